The maximum atomic E-state index is 12.1. The van der Waals surface area contributed by atoms with Gasteiger partial charge in [0.1, 0.15) is 0 Å². The van der Waals surface area contributed by atoms with E-state index >= 15 is 0 Å². The average molecular weight is 210 g/mol. The molecular formula is C7H9F3N2S. The van der Waals surface area contributed by atoms with E-state index in [9.17, 15) is 13.2 Å². The molecule has 0 fully saturated rings. The molecule has 0 bridgehead atoms. The number of thiol groups is 1. The number of alkyl halides is 3. The van der Waals surface area contributed by atoms with E-state index in [1.54, 1.807) is 0 Å². The van der Waals surface area contributed by atoms with Crippen LogP contribution in [-0.2, 0) is 12.7 Å². The maximum absolute atomic E-state index is 12.1. The summed E-state index contributed by atoms with van der Waals surface area (Å²) in [6, 6.07) is 0. The highest BCUT2D eigenvalue weighted by molar-refractivity contribution is 7.80. The Balaban J connectivity index is 2.64. The predicted molar refractivity (Wildman–Crippen MR) is 45.7 cm³/mol. The third-order valence-electron chi connectivity index (χ3n) is 1.51. The monoisotopic (exact) mass is 210 g/mol. The second-order valence-corrected chi connectivity index (χ2v) is 3.01. The molecule has 1 rings (SSSR count). The van der Waals surface area contributed by atoms with Gasteiger partial charge in [0.15, 0.2) is 0 Å². The van der Waals surface area contributed by atoms with Gasteiger partial charge in [0.25, 0.3) is 0 Å². The second-order valence-electron chi connectivity index (χ2n) is 2.57. The van der Waals surface area contributed by atoms with E-state index < -0.39 is 11.7 Å². The van der Waals surface area contributed by atoms with Gasteiger partial charge >= 0.3 is 6.18 Å². The van der Waals surface area contributed by atoms with Crippen molar-refractivity contribution in [3.63, 3.8) is 0 Å². The van der Waals surface area contributed by atoms with Gasteiger partial charge in [0, 0.05) is 12.7 Å². The summed E-state index contributed by atoms with van der Waals surface area (Å²) in [5.74, 6) is 0.640. The van der Waals surface area contributed by atoms with Gasteiger partial charge in [-0.2, -0.15) is 30.9 Å². The lowest BCUT2D eigenvalue weighted by Crippen LogP contribution is -2.03. The number of nitrogens with zero attached hydrogens (tertiary/aromatic N) is 2. The first-order valence-corrected chi connectivity index (χ1v) is 4.38. The molecule has 0 radical (unpaired) electrons. The fourth-order valence-electron chi connectivity index (χ4n) is 0.865. The minimum absolute atomic E-state index is 0.472. The minimum atomic E-state index is -4.29. The molecule has 13 heavy (non-hydrogen) atoms. The molecule has 1 aromatic heterocycles. The van der Waals surface area contributed by atoms with Crippen molar-refractivity contribution in [2.75, 3.05) is 5.75 Å². The van der Waals surface area contributed by atoms with E-state index in [-0.39, 0.29) is 0 Å². The van der Waals surface area contributed by atoms with Gasteiger partial charge in [-0.05, 0) is 12.2 Å². The molecule has 0 saturated carbocycles. The van der Waals surface area contributed by atoms with E-state index in [1.807, 2.05) is 0 Å². The highest BCUT2D eigenvalue weighted by atomic mass is 32.1. The standard InChI is InChI=1S/C7H9F3N2S/c8-7(9,10)6-4-11-12(5-6)2-1-3-13/h4-5,13H,1-3H2. The first kappa shape index (κ1) is 10.4. The third kappa shape index (κ3) is 2.95. The Morgan fingerprint density at radius 3 is 2.62 bits per heavy atom. The van der Waals surface area contributed by atoms with Crippen LogP contribution in [0.2, 0.25) is 0 Å². The molecule has 0 saturated heterocycles. The van der Waals surface area contributed by atoms with Crippen molar-refractivity contribution >= 4 is 12.6 Å². The molecule has 2 nitrogen and oxygen atoms in total. The van der Waals surface area contributed by atoms with Crippen LogP contribution in [-0.4, -0.2) is 15.5 Å². The highest BCUT2D eigenvalue weighted by Gasteiger charge is 2.31. The third-order valence-corrected chi connectivity index (χ3v) is 1.82. The SMILES string of the molecule is FC(F)(F)c1cnn(CCCS)c1. The number of halogens is 3. The maximum Gasteiger partial charge on any atom is 0.419 e. The lowest BCUT2D eigenvalue weighted by Gasteiger charge is -2.01. The van der Waals surface area contributed by atoms with Crippen molar-refractivity contribution in [1.29, 1.82) is 0 Å². The van der Waals surface area contributed by atoms with Crippen LogP contribution >= 0.6 is 12.6 Å². The van der Waals surface area contributed by atoms with Gasteiger partial charge in [-0.1, -0.05) is 0 Å². The van der Waals surface area contributed by atoms with Crippen LogP contribution in [0.5, 0.6) is 0 Å². The van der Waals surface area contributed by atoms with Crippen LogP contribution in [0.15, 0.2) is 12.4 Å². The van der Waals surface area contributed by atoms with Crippen molar-refractivity contribution in [3.8, 4) is 0 Å². The fourth-order valence-corrected chi connectivity index (χ4v) is 1.01. The molecule has 6 heteroatoms. The number of aryl methyl sites for hydroxylation is 1. The lowest BCUT2D eigenvalue weighted by atomic mass is 10.3. The van der Waals surface area contributed by atoms with Gasteiger partial charge < -0.3 is 0 Å². The van der Waals surface area contributed by atoms with Crippen LogP contribution in [0.1, 0.15) is 12.0 Å². The molecule has 0 N–H and O–H groups in total. The van der Waals surface area contributed by atoms with E-state index in [0.717, 1.165) is 12.4 Å². The summed E-state index contributed by atoms with van der Waals surface area (Å²) in [6.07, 6.45) is -1.75. The molecule has 0 atom stereocenters. The Kier molecular flexibility index (Phi) is 3.24. The van der Waals surface area contributed by atoms with E-state index in [0.29, 0.717) is 18.7 Å². The van der Waals surface area contributed by atoms with E-state index in [4.69, 9.17) is 0 Å². The molecule has 0 aliphatic heterocycles. The summed E-state index contributed by atoms with van der Waals surface area (Å²) in [7, 11) is 0. The first-order valence-electron chi connectivity index (χ1n) is 3.74. The molecule has 1 heterocycles. The van der Waals surface area contributed by atoms with Crippen molar-refractivity contribution < 1.29 is 13.2 Å². The normalized spacial score (nSPS) is 12.0. The quantitative estimate of drug-likeness (QED) is 0.757. The Morgan fingerprint density at radius 1 is 1.46 bits per heavy atom. The van der Waals surface area contributed by atoms with Crippen molar-refractivity contribution in [2.24, 2.45) is 0 Å². The van der Waals surface area contributed by atoms with Gasteiger partial charge in [-0.25, -0.2) is 0 Å². The molecule has 1 aromatic rings. The number of hydrogen-bond donors (Lipinski definition) is 1. The van der Waals surface area contributed by atoms with Gasteiger partial charge in [0.05, 0.1) is 11.8 Å². The topological polar surface area (TPSA) is 17.8 Å². The number of rotatable bonds is 3. The van der Waals surface area contributed by atoms with Crippen molar-refractivity contribution in [2.45, 2.75) is 19.1 Å². The Labute approximate surface area is 79.2 Å². The Morgan fingerprint density at radius 2 is 2.15 bits per heavy atom. The van der Waals surface area contributed by atoms with E-state index in [2.05, 4.69) is 17.7 Å². The molecule has 0 aliphatic carbocycles. The minimum Gasteiger partial charge on any atom is -0.272 e. The summed E-state index contributed by atoms with van der Waals surface area (Å²) in [4.78, 5) is 0. The number of hydrogen-bond acceptors (Lipinski definition) is 2. The van der Waals surface area contributed by atoms with Gasteiger partial charge in [-0.3, -0.25) is 4.68 Å². The zero-order valence-corrected chi connectivity index (χ0v) is 7.65. The van der Waals surface area contributed by atoms with Crippen LogP contribution in [0, 0.1) is 0 Å². The van der Waals surface area contributed by atoms with Crippen molar-refractivity contribution in [1.82, 2.24) is 9.78 Å². The summed E-state index contributed by atoms with van der Waals surface area (Å²) in [6.45, 7) is 0.472. The molecule has 0 aliphatic rings. The zero-order valence-electron chi connectivity index (χ0n) is 6.75. The average Bonchev–Trinajstić information content (AvgIpc) is 2.47. The zero-order chi connectivity index (χ0) is 9.90. The van der Waals surface area contributed by atoms with Crippen LogP contribution < -0.4 is 0 Å². The molecule has 0 amide bonds. The molecule has 0 unspecified atom stereocenters. The van der Waals surface area contributed by atoms with Gasteiger partial charge in [0.2, 0.25) is 0 Å². The molecular weight excluding hydrogens is 201 g/mol. The summed E-state index contributed by atoms with van der Waals surface area (Å²) < 4.78 is 37.4. The smallest absolute Gasteiger partial charge is 0.272 e. The van der Waals surface area contributed by atoms with Crippen molar-refractivity contribution in [3.05, 3.63) is 18.0 Å². The van der Waals surface area contributed by atoms with Crippen LogP contribution in [0.25, 0.3) is 0 Å². The lowest BCUT2D eigenvalue weighted by molar-refractivity contribution is -0.137. The first-order chi connectivity index (χ1) is 6.04. The largest absolute Gasteiger partial charge is 0.419 e. The molecule has 0 aromatic carbocycles. The summed E-state index contributed by atoms with van der Waals surface area (Å²) in [5.41, 5.74) is -0.702. The molecule has 0 spiro atoms. The fraction of sp³-hybridized carbons (Fsp3) is 0.571. The predicted octanol–water partition coefficient (Wildman–Crippen LogP) is 2.22. The van der Waals surface area contributed by atoms with Crippen LogP contribution in [0.3, 0.4) is 0 Å². The number of aromatic nitrogens is 2. The van der Waals surface area contributed by atoms with E-state index in [1.165, 1.54) is 4.68 Å². The highest BCUT2D eigenvalue weighted by Crippen LogP contribution is 2.28. The summed E-state index contributed by atoms with van der Waals surface area (Å²) >= 11 is 3.95. The molecule has 74 valence electrons. The second kappa shape index (κ2) is 4.04. The van der Waals surface area contributed by atoms with Gasteiger partial charge in [-0.15, -0.1) is 0 Å². The van der Waals surface area contributed by atoms with Crippen LogP contribution in [0.4, 0.5) is 13.2 Å². The Bertz CT molecular complexity index is 269. The Hall–Kier alpha value is -0.650. The summed E-state index contributed by atoms with van der Waals surface area (Å²) in [5, 5.41) is 3.58.